The zero-order valence-electron chi connectivity index (χ0n) is 9.85. The Hall–Kier alpha value is -1.94. The van der Waals surface area contributed by atoms with Crippen LogP contribution in [0.5, 0.6) is 11.5 Å². The largest absolute Gasteiger partial charge is 0.504 e. The number of anilines is 1. The summed E-state index contributed by atoms with van der Waals surface area (Å²) >= 11 is 6.00. The number of nitrogens with one attached hydrogen (secondary N) is 1. The molecule has 2 aromatic rings. The number of ether oxygens (including phenoxy) is 1. The standard InChI is InChI=1S/C13H13ClN2O2/c1-18-12-4-2-3-9(13(12)17)7-16-11-8-15-6-5-10(11)14/h2-6,8,16-17H,7H2,1H3. The van der Waals surface area contributed by atoms with Gasteiger partial charge in [-0.05, 0) is 12.1 Å². The molecule has 5 heteroatoms. The molecule has 2 N–H and O–H groups in total. The lowest BCUT2D eigenvalue weighted by Gasteiger charge is -2.11. The number of hydrogen-bond acceptors (Lipinski definition) is 4. The van der Waals surface area contributed by atoms with Crippen LogP contribution in [0.25, 0.3) is 0 Å². The van der Waals surface area contributed by atoms with Crippen LogP contribution in [0.3, 0.4) is 0 Å². The molecule has 94 valence electrons. The number of aromatic nitrogens is 1. The van der Waals surface area contributed by atoms with Crippen LogP contribution in [0.2, 0.25) is 5.02 Å². The van der Waals surface area contributed by atoms with Crippen molar-refractivity contribution in [2.45, 2.75) is 6.54 Å². The van der Waals surface area contributed by atoms with E-state index in [2.05, 4.69) is 10.3 Å². The van der Waals surface area contributed by atoms with Crippen LogP contribution < -0.4 is 10.1 Å². The predicted octanol–water partition coefficient (Wildman–Crippen LogP) is 3.06. The highest BCUT2D eigenvalue weighted by molar-refractivity contribution is 6.33. The molecule has 0 saturated carbocycles. The van der Waals surface area contributed by atoms with Crippen molar-refractivity contribution in [3.8, 4) is 11.5 Å². The van der Waals surface area contributed by atoms with Gasteiger partial charge in [0.15, 0.2) is 11.5 Å². The van der Waals surface area contributed by atoms with Crippen LogP contribution in [0.15, 0.2) is 36.7 Å². The lowest BCUT2D eigenvalue weighted by Crippen LogP contribution is -2.01. The molecule has 0 aliphatic carbocycles. The Kier molecular flexibility index (Phi) is 3.89. The highest BCUT2D eigenvalue weighted by Gasteiger charge is 2.07. The van der Waals surface area contributed by atoms with Gasteiger partial charge in [-0.3, -0.25) is 4.98 Å². The van der Waals surface area contributed by atoms with E-state index in [9.17, 15) is 5.11 Å². The number of phenolic OH excluding ortho intramolecular Hbond substituents is 1. The summed E-state index contributed by atoms with van der Waals surface area (Å²) in [6.07, 6.45) is 3.26. The number of benzene rings is 1. The van der Waals surface area contributed by atoms with Crippen molar-refractivity contribution < 1.29 is 9.84 Å². The van der Waals surface area contributed by atoms with E-state index in [0.717, 1.165) is 11.3 Å². The van der Waals surface area contributed by atoms with Crippen molar-refractivity contribution in [2.75, 3.05) is 12.4 Å². The third-order valence-corrected chi connectivity index (χ3v) is 2.87. The summed E-state index contributed by atoms with van der Waals surface area (Å²) in [4.78, 5) is 3.98. The van der Waals surface area contributed by atoms with Crippen LogP contribution in [-0.4, -0.2) is 17.2 Å². The zero-order chi connectivity index (χ0) is 13.0. The first-order chi connectivity index (χ1) is 8.72. The van der Waals surface area contributed by atoms with E-state index >= 15 is 0 Å². The van der Waals surface area contributed by atoms with Crippen LogP contribution in [0.4, 0.5) is 5.69 Å². The van der Waals surface area contributed by atoms with Gasteiger partial charge >= 0.3 is 0 Å². The minimum Gasteiger partial charge on any atom is -0.504 e. The predicted molar refractivity (Wildman–Crippen MR) is 71.2 cm³/mol. The summed E-state index contributed by atoms with van der Waals surface area (Å²) in [6.45, 7) is 0.439. The molecule has 0 amide bonds. The monoisotopic (exact) mass is 264 g/mol. The highest BCUT2D eigenvalue weighted by atomic mass is 35.5. The number of aromatic hydroxyl groups is 1. The van der Waals surface area contributed by atoms with Crippen LogP contribution >= 0.6 is 11.6 Å². The van der Waals surface area contributed by atoms with Gasteiger partial charge in [0.2, 0.25) is 0 Å². The van der Waals surface area contributed by atoms with Crippen LogP contribution in [0, 0.1) is 0 Å². The molecule has 0 unspecified atom stereocenters. The quantitative estimate of drug-likeness (QED) is 0.891. The van der Waals surface area contributed by atoms with Crippen molar-refractivity contribution in [1.29, 1.82) is 0 Å². The molecule has 0 aliphatic rings. The van der Waals surface area contributed by atoms with Gasteiger partial charge in [-0.1, -0.05) is 23.7 Å². The maximum absolute atomic E-state index is 9.92. The first kappa shape index (κ1) is 12.5. The minimum atomic E-state index is 0.132. The fourth-order valence-electron chi connectivity index (χ4n) is 1.57. The second-order valence-corrected chi connectivity index (χ2v) is 4.08. The average molecular weight is 265 g/mol. The second kappa shape index (κ2) is 5.60. The van der Waals surface area contributed by atoms with Gasteiger partial charge in [0.1, 0.15) is 0 Å². The lowest BCUT2D eigenvalue weighted by atomic mass is 10.2. The summed E-state index contributed by atoms with van der Waals surface area (Å²) in [5.41, 5.74) is 1.45. The Labute approximate surface area is 110 Å². The van der Waals surface area contributed by atoms with Crippen molar-refractivity contribution in [3.63, 3.8) is 0 Å². The second-order valence-electron chi connectivity index (χ2n) is 3.68. The molecule has 0 fully saturated rings. The Bertz CT molecular complexity index is 546. The summed E-state index contributed by atoms with van der Waals surface area (Å²) in [5, 5.41) is 13.6. The highest BCUT2D eigenvalue weighted by Crippen LogP contribution is 2.30. The van der Waals surface area contributed by atoms with Crippen LogP contribution in [0.1, 0.15) is 5.56 Å². The summed E-state index contributed by atoms with van der Waals surface area (Å²) < 4.78 is 5.05. The maximum atomic E-state index is 9.92. The van der Waals surface area contributed by atoms with E-state index in [-0.39, 0.29) is 5.75 Å². The van der Waals surface area contributed by atoms with Crippen molar-refractivity contribution in [2.24, 2.45) is 0 Å². The summed E-state index contributed by atoms with van der Waals surface area (Å²) in [7, 11) is 1.52. The third-order valence-electron chi connectivity index (χ3n) is 2.54. The van der Waals surface area contributed by atoms with E-state index in [1.807, 2.05) is 12.1 Å². The molecule has 1 heterocycles. The number of pyridine rings is 1. The SMILES string of the molecule is COc1cccc(CNc2cnccc2Cl)c1O. The molecule has 1 aromatic heterocycles. The van der Waals surface area contributed by atoms with E-state index in [0.29, 0.717) is 17.3 Å². The molecule has 0 spiro atoms. The summed E-state index contributed by atoms with van der Waals surface area (Å²) in [6, 6.07) is 7.04. The summed E-state index contributed by atoms with van der Waals surface area (Å²) in [5.74, 6) is 0.582. The van der Waals surface area contributed by atoms with Gasteiger partial charge in [0.25, 0.3) is 0 Å². The van der Waals surface area contributed by atoms with Gasteiger partial charge in [0, 0.05) is 18.3 Å². The molecule has 0 bridgehead atoms. The first-order valence-electron chi connectivity index (χ1n) is 5.40. The minimum absolute atomic E-state index is 0.132. The Morgan fingerprint density at radius 2 is 2.22 bits per heavy atom. The number of phenols is 1. The number of hydrogen-bond donors (Lipinski definition) is 2. The first-order valence-corrected chi connectivity index (χ1v) is 5.78. The normalized spacial score (nSPS) is 10.1. The molecule has 2 rings (SSSR count). The van der Waals surface area contributed by atoms with Gasteiger partial charge in [-0.2, -0.15) is 0 Å². The molecule has 4 nitrogen and oxygen atoms in total. The number of para-hydroxylation sites is 1. The topological polar surface area (TPSA) is 54.4 Å². The Morgan fingerprint density at radius 3 is 2.94 bits per heavy atom. The van der Waals surface area contributed by atoms with E-state index in [4.69, 9.17) is 16.3 Å². The van der Waals surface area contributed by atoms with Gasteiger partial charge in [-0.15, -0.1) is 0 Å². The average Bonchev–Trinajstić information content (AvgIpc) is 2.39. The molecule has 0 aliphatic heterocycles. The number of halogens is 1. The zero-order valence-corrected chi connectivity index (χ0v) is 10.6. The van der Waals surface area contributed by atoms with Gasteiger partial charge in [0.05, 0.1) is 24.0 Å². The number of nitrogens with zero attached hydrogens (tertiary/aromatic N) is 1. The number of rotatable bonds is 4. The lowest BCUT2D eigenvalue weighted by molar-refractivity contribution is 0.371. The molecule has 1 aromatic carbocycles. The van der Waals surface area contributed by atoms with Crippen molar-refractivity contribution in [1.82, 2.24) is 4.98 Å². The molecule has 0 saturated heterocycles. The molecule has 0 radical (unpaired) electrons. The van der Waals surface area contributed by atoms with Gasteiger partial charge in [-0.25, -0.2) is 0 Å². The number of methoxy groups -OCH3 is 1. The molecule has 0 atom stereocenters. The Balaban J connectivity index is 2.14. The van der Waals surface area contributed by atoms with Crippen LogP contribution in [-0.2, 0) is 6.54 Å². The molecule has 18 heavy (non-hydrogen) atoms. The van der Waals surface area contributed by atoms with Crippen molar-refractivity contribution >= 4 is 17.3 Å². The molecular weight excluding hydrogens is 252 g/mol. The third kappa shape index (κ3) is 2.65. The fraction of sp³-hybridized carbons (Fsp3) is 0.154. The fourth-order valence-corrected chi connectivity index (χ4v) is 1.75. The Morgan fingerprint density at radius 1 is 1.39 bits per heavy atom. The van der Waals surface area contributed by atoms with Gasteiger partial charge < -0.3 is 15.2 Å². The van der Waals surface area contributed by atoms with Crippen molar-refractivity contribution in [3.05, 3.63) is 47.2 Å². The molecular formula is C13H13ClN2O2. The van der Waals surface area contributed by atoms with E-state index < -0.39 is 0 Å². The van der Waals surface area contributed by atoms with E-state index in [1.165, 1.54) is 7.11 Å². The maximum Gasteiger partial charge on any atom is 0.162 e. The smallest absolute Gasteiger partial charge is 0.162 e. The van der Waals surface area contributed by atoms with E-state index in [1.54, 1.807) is 24.5 Å².